The summed E-state index contributed by atoms with van der Waals surface area (Å²) < 4.78 is 5.26. The molecule has 2 N–H and O–H groups in total. The summed E-state index contributed by atoms with van der Waals surface area (Å²) in [7, 11) is 1.59. The number of aryl methyl sites for hydroxylation is 1. The lowest BCUT2D eigenvalue weighted by atomic mass is 10.2. The Labute approximate surface area is 109 Å². The molecule has 0 spiro atoms. The van der Waals surface area contributed by atoms with Crippen molar-refractivity contribution in [2.75, 3.05) is 12.4 Å². The number of ether oxygens (including phenoxy) is 1. The molecule has 0 aliphatic carbocycles. The van der Waals surface area contributed by atoms with Crippen LogP contribution in [0.5, 0.6) is 5.75 Å². The highest BCUT2D eigenvalue weighted by Crippen LogP contribution is 2.28. The van der Waals surface area contributed by atoms with Crippen LogP contribution in [0.3, 0.4) is 0 Å². The molecule has 7 nitrogen and oxygen atoms in total. The number of rotatable bonds is 4. The highest BCUT2D eigenvalue weighted by molar-refractivity contribution is 5.75. The van der Waals surface area contributed by atoms with Crippen molar-refractivity contribution >= 4 is 11.3 Å². The van der Waals surface area contributed by atoms with Crippen LogP contribution in [0.25, 0.3) is 5.57 Å². The summed E-state index contributed by atoms with van der Waals surface area (Å²) in [4.78, 5) is 0. The Morgan fingerprint density at radius 1 is 1.53 bits per heavy atom. The van der Waals surface area contributed by atoms with Crippen LogP contribution in [0.15, 0.2) is 24.4 Å². The summed E-state index contributed by atoms with van der Waals surface area (Å²) in [6.07, 6.45) is 1.52. The highest BCUT2D eigenvalue weighted by Gasteiger charge is 2.08. The number of nitriles is 1. The van der Waals surface area contributed by atoms with Gasteiger partial charge < -0.3 is 10.1 Å². The van der Waals surface area contributed by atoms with Crippen molar-refractivity contribution < 1.29 is 4.74 Å². The standard InChI is InChI=1S/C12H12N6O/c1-8-4-3-5-10(19-2)11(8)14-7-9(6-13)12-15-17-18-16-12/h3-5,7,14H,1-2H3,(H,15,16,17,18). The van der Waals surface area contributed by atoms with Crippen LogP contribution >= 0.6 is 0 Å². The normalized spacial score (nSPS) is 10.9. The van der Waals surface area contributed by atoms with E-state index in [2.05, 4.69) is 25.9 Å². The molecule has 1 heterocycles. The molecule has 2 rings (SSSR count). The largest absolute Gasteiger partial charge is 0.495 e. The van der Waals surface area contributed by atoms with Crippen LogP contribution in [0.1, 0.15) is 11.4 Å². The van der Waals surface area contributed by atoms with Gasteiger partial charge in [-0.15, -0.1) is 10.2 Å². The molecule has 0 aliphatic rings. The van der Waals surface area contributed by atoms with Crippen molar-refractivity contribution in [3.63, 3.8) is 0 Å². The number of hydrogen-bond acceptors (Lipinski definition) is 6. The predicted molar refractivity (Wildman–Crippen MR) is 69.1 cm³/mol. The molecule has 0 saturated heterocycles. The van der Waals surface area contributed by atoms with E-state index in [1.807, 2.05) is 31.2 Å². The number of H-pyrrole nitrogens is 1. The first-order valence-electron chi connectivity index (χ1n) is 5.50. The topological polar surface area (TPSA) is 99.5 Å². The fraction of sp³-hybridized carbons (Fsp3) is 0.167. The molecule has 0 bridgehead atoms. The zero-order chi connectivity index (χ0) is 13.7. The summed E-state index contributed by atoms with van der Waals surface area (Å²) in [5, 5.41) is 25.3. The van der Waals surface area contributed by atoms with E-state index in [4.69, 9.17) is 10.00 Å². The van der Waals surface area contributed by atoms with Gasteiger partial charge >= 0.3 is 0 Å². The van der Waals surface area contributed by atoms with E-state index in [1.165, 1.54) is 6.20 Å². The zero-order valence-electron chi connectivity index (χ0n) is 10.5. The van der Waals surface area contributed by atoms with E-state index < -0.39 is 0 Å². The second-order valence-corrected chi connectivity index (χ2v) is 3.70. The Morgan fingerprint density at radius 2 is 2.37 bits per heavy atom. The highest BCUT2D eigenvalue weighted by atomic mass is 16.5. The van der Waals surface area contributed by atoms with Gasteiger partial charge in [0.15, 0.2) is 0 Å². The van der Waals surface area contributed by atoms with E-state index in [0.29, 0.717) is 5.75 Å². The van der Waals surface area contributed by atoms with Gasteiger partial charge in [0.2, 0.25) is 5.82 Å². The maximum Gasteiger partial charge on any atom is 0.216 e. The second-order valence-electron chi connectivity index (χ2n) is 3.70. The lowest BCUT2D eigenvalue weighted by Gasteiger charge is -2.10. The molecular formula is C12H12N6O. The predicted octanol–water partition coefficient (Wildman–Crippen LogP) is 1.49. The van der Waals surface area contributed by atoms with E-state index in [1.54, 1.807) is 7.11 Å². The van der Waals surface area contributed by atoms with Crippen LogP contribution in [0, 0.1) is 18.3 Å². The maximum absolute atomic E-state index is 9.06. The van der Waals surface area contributed by atoms with E-state index in [0.717, 1.165) is 11.3 Å². The summed E-state index contributed by atoms with van der Waals surface area (Å²) in [5.41, 5.74) is 2.07. The fourth-order valence-corrected chi connectivity index (χ4v) is 1.56. The molecule has 0 atom stereocenters. The van der Waals surface area contributed by atoms with Crippen molar-refractivity contribution in [3.05, 3.63) is 35.8 Å². The number of anilines is 1. The number of nitrogens with zero attached hydrogens (tertiary/aromatic N) is 4. The smallest absolute Gasteiger partial charge is 0.216 e. The van der Waals surface area contributed by atoms with Gasteiger partial charge in [-0.2, -0.15) is 10.5 Å². The zero-order valence-corrected chi connectivity index (χ0v) is 10.5. The van der Waals surface area contributed by atoms with Gasteiger partial charge in [-0.3, -0.25) is 0 Å². The molecule has 1 aromatic heterocycles. The average molecular weight is 256 g/mol. The molecule has 0 saturated carbocycles. The minimum atomic E-state index is 0.238. The molecule has 0 amide bonds. The van der Waals surface area contributed by atoms with Gasteiger partial charge in [0.1, 0.15) is 17.4 Å². The molecule has 19 heavy (non-hydrogen) atoms. The van der Waals surface area contributed by atoms with Crippen LogP contribution in [0.2, 0.25) is 0 Å². The number of para-hydroxylation sites is 1. The van der Waals surface area contributed by atoms with Gasteiger partial charge in [-0.1, -0.05) is 12.1 Å². The first-order valence-corrected chi connectivity index (χ1v) is 5.50. The van der Waals surface area contributed by atoms with Crippen LogP contribution in [-0.4, -0.2) is 27.7 Å². The van der Waals surface area contributed by atoms with Crippen molar-refractivity contribution in [1.82, 2.24) is 20.6 Å². The van der Waals surface area contributed by atoms with E-state index >= 15 is 0 Å². The van der Waals surface area contributed by atoms with Crippen LogP contribution in [0.4, 0.5) is 5.69 Å². The van der Waals surface area contributed by atoms with Crippen molar-refractivity contribution in [2.24, 2.45) is 0 Å². The van der Waals surface area contributed by atoms with Crippen molar-refractivity contribution in [2.45, 2.75) is 6.92 Å². The molecule has 0 radical (unpaired) electrons. The molecule has 0 aliphatic heterocycles. The summed E-state index contributed by atoms with van der Waals surface area (Å²) in [6.45, 7) is 1.94. The number of allylic oxidation sites excluding steroid dienone is 1. The third-order valence-corrected chi connectivity index (χ3v) is 2.52. The lowest BCUT2D eigenvalue weighted by Crippen LogP contribution is -1.97. The van der Waals surface area contributed by atoms with Crippen LogP contribution < -0.4 is 10.1 Å². The SMILES string of the molecule is COc1cccc(C)c1NC=C(C#N)c1nn[nH]n1. The van der Waals surface area contributed by atoms with Crippen molar-refractivity contribution in [1.29, 1.82) is 5.26 Å². The Balaban J connectivity index is 2.29. The third-order valence-electron chi connectivity index (χ3n) is 2.52. The molecule has 0 unspecified atom stereocenters. The van der Waals surface area contributed by atoms with Gasteiger partial charge in [0, 0.05) is 6.20 Å². The molecular weight excluding hydrogens is 244 g/mol. The Morgan fingerprint density at radius 3 is 3.00 bits per heavy atom. The molecule has 0 fully saturated rings. The van der Waals surface area contributed by atoms with Gasteiger partial charge in [-0.25, -0.2) is 0 Å². The number of aromatic nitrogens is 4. The Kier molecular flexibility index (Phi) is 3.73. The number of nitrogens with one attached hydrogen (secondary N) is 2. The molecule has 2 aromatic rings. The Hall–Kier alpha value is -2.88. The first kappa shape index (κ1) is 12.6. The van der Waals surface area contributed by atoms with E-state index in [9.17, 15) is 0 Å². The number of tetrazole rings is 1. The summed E-state index contributed by atoms with van der Waals surface area (Å²) in [6, 6.07) is 7.68. The van der Waals surface area contributed by atoms with Gasteiger partial charge in [0.25, 0.3) is 0 Å². The monoisotopic (exact) mass is 256 g/mol. The molecule has 96 valence electrons. The lowest BCUT2D eigenvalue weighted by molar-refractivity contribution is 0.416. The first-order chi connectivity index (χ1) is 9.26. The molecule has 7 heteroatoms. The minimum absolute atomic E-state index is 0.238. The second kappa shape index (κ2) is 5.64. The number of benzene rings is 1. The average Bonchev–Trinajstić information content (AvgIpc) is 2.95. The molecule has 1 aromatic carbocycles. The fourth-order valence-electron chi connectivity index (χ4n) is 1.56. The summed E-state index contributed by atoms with van der Waals surface area (Å²) >= 11 is 0. The number of methoxy groups -OCH3 is 1. The van der Waals surface area contributed by atoms with Gasteiger partial charge in [-0.05, 0) is 23.8 Å². The number of aromatic amines is 1. The minimum Gasteiger partial charge on any atom is -0.495 e. The van der Waals surface area contributed by atoms with Crippen LogP contribution in [-0.2, 0) is 0 Å². The number of hydrogen-bond donors (Lipinski definition) is 2. The van der Waals surface area contributed by atoms with Gasteiger partial charge in [0.05, 0.1) is 12.8 Å². The summed E-state index contributed by atoms with van der Waals surface area (Å²) in [5.74, 6) is 0.934. The Bertz CT molecular complexity index is 626. The third kappa shape index (κ3) is 2.69. The quantitative estimate of drug-likeness (QED) is 0.804. The van der Waals surface area contributed by atoms with E-state index in [-0.39, 0.29) is 11.4 Å². The van der Waals surface area contributed by atoms with Crippen molar-refractivity contribution in [3.8, 4) is 11.8 Å². The maximum atomic E-state index is 9.06.